The lowest BCUT2D eigenvalue weighted by molar-refractivity contribution is -0.127. The lowest BCUT2D eigenvalue weighted by atomic mass is 9.50. The molecule has 2 aromatic rings. The summed E-state index contributed by atoms with van der Waals surface area (Å²) < 4.78 is 0. The van der Waals surface area contributed by atoms with Crippen LogP contribution >= 0.6 is 23.4 Å². The molecule has 4 aliphatic rings. The van der Waals surface area contributed by atoms with Gasteiger partial charge in [0, 0.05) is 15.2 Å². The molecular weight excluding hydrogens is 552 g/mol. The van der Waals surface area contributed by atoms with Crippen molar-refractivity contribution in [1.29, 1.82) is 0 Å². The average molecular weight is 605 g/mol. The van der Waals surface area contributed by atoms with Gasteiger partial charge in [-0.25, -0.2) is 0 Å². The summed E-state index contributed by atoms with van der Waals surface area (Å²) >= 11 is 8.38. The first-order valence-corrected chi connectivity index (χ1v) is 18.2. The molecule has 0 aliphatic heterocycles. The molecule has 4 aliphatic carbocycles. The van der Waals surface area contributed by atoms with Gasteiger partial charge in [-0.3, -0.25) is 4.79 Å². The van der Waals surface area contributed by atoms with Gasteiger partial charge in [0.2, 0.25) is 5.24 Å². The maximum Gasteiger partial charge on any atom is 0.227 e. The molecule has 1 nitrogen and oxygen atoms in total. The fourth-order valence-corrected chi connectivity index (χ4v) is 12.0. The van der Waals surface area contributed by atoms with Crippen LogP contribution in [-0.2, 0) is 28.5 Å². The van der Waals surface area contributed by atoms with E-state index in [1.54, 1.807) is 11.1 Å². The Morgan fingerprint density at radius 3 is 1.90 bits per heavy atom. The van der Waals surface area contributed by atoms with E-state index in [1.165, 1.54) is 64.1 Å². The Balaban J connectivity index is 1.47. The second-order valence-electron chi connectivity index (χ2n) is 16.0. The minimum atomic E-state index is -0.428. The summed E-state index contributed by atoms with van der Waals surface area (Å²) in [5.74, 6) is 2.88. The van der Waals surface area contributed by atoms with Gasteiger partial charge in [-0.1, -0.05) is 98.5 Å². The van der Waals surface area contributed by atoms with Gasteiger partial charge >= 0.3 is 0 Å². The monoisotopic (exact) mass is 604 g/mol. The Morgan fingerprint density at radius 1 is 0.786 bits per heavy atom. The van der Waals surface area contributed by atoms with Gasteiger partial charge in [-0.15, -0.1) is 0 Å². The highest BCUT2D eigenvalue weighted by atomic mass is 35.5. The second-order valence-corrected chi connectivity index (χ2v) is 17.4. The van der Waals surface area contributed by atoms with Crippen LogP contribution in [0, 0.1) is 23.2 Å². The summed E-state index contributed by atoms with van der Waals surface area (Å²) in [6, 6.07) is 10.4. The van der Waals surface area contributed by atoms with Crippen LogP contribution in [0.5, 0.6) is 0 Å². The predicted molar refractivity (Wildman–Crippen MR) is 179 cm³/mol. The van der Waals surface area contributed by atoms with Crippen LogP contribution in [0.2, 0.25) is 0 Å². The Morgan fingerprint density at radius 2 is 1.33 bits per heavy atom. The van der Waals surface area contributed by atoms with E-state index in [-0.39, 0.29) is 10.7 Å². The Labute approximate surface area is 265 Å². The number of fused-ring (bicyclic) bond motifs is 6. The van der Waals surface area contributed by atoms with Crippen LogP contribution in [0.3, 0.4) is 0 Å². The Kier molecular flexibility index (Phi) is 8.04. The van der Waals surface area contributed by atoms with E-state index in [0.717, 1.165) is 43.9 Å². The zero-order chi connectivity index (χ0) is 30.2. The quantitative estimate of drug-likeness (QED) is 0.316. The zero-order valence-corrected chi connectivity index (χ0v) is 29.0. The van der Waals surface area contributed by atoms with Crippen molar-refractivity contribution in [2.45, 2.75) is 152 Å². The molecule has 228 valence electrons. The van der Waals surface area contributed by atoms with Crippen molar-refractivity contribution >= 4 is 28.6 Å². The van der Waals surface area contributed by atoms with Crippen LogP contribution < -0.4 is 0 Å². The van der Waals surface area contributed by atoms with Crippen LogP contribution in [0.1, 0.15) is 152 Å². The number of hydrogen-bond donors (Lipinski definition) is 0. The van der Waals surface area contributed by atoms with Crippen molar-refractivity contribution in [2.75, 3.05) is 0 Å². The minimum absolute atomic E-state index is 0.00832. The van der Waals surface area contributed by atoms with E-state index < -0.39 is 5.41 Å². The molecule has 2 fully saturated rings. The SMILES string of the molecule is CC(C)c1cc2c(cc1Sc1cc3c(cc1C(C)C)CCC1C(C)(C(=O)Cl)CCCC31C)C1(C)CCCC(C)C1CC2. The summed E-state index contributed by atoms with van der Waals surface area (Å²) in [6.07, 6.45) is 11.9. The van der Waals surface area contributed by atoms with Crippen LogP contribution in [0.15, 0.2) is 34.1 Å². The van der Waals surface area contributed by atoms with Gasteiger partial charge in [-0.2, -0.15) is 0 Å². The van der Waals surface area contributed by atoms with E-state index in [1.807, 2.05) is 11.8 Å². The smallest absolute Gasteiger partial charge is 0.227 e. The highest BCUT2D eigenvalue weighted by Gasteiger charge is 2.54. The lowest BCUT2D eigenvalue weighted by Crippen LogP contribution is -2.51. The number of hydrogen-bond acceptors (Lipinski definition) is 2. The van der Waals surface area contributed by atoms with Gasteiger partial charge < -0.3 is 0 Å². The van der Waals surface area contributed by atoms with Gasteiger partial charge in [0.15, 0.2) is 0 Å². The zero-order valence-electron chi connectivity index (χ0n) is 27.5. The predicted octanol–water partition coefficient (Wildman–Crippen LogP) is 11.5. The topological polar surface area (TPSA) is 17.1 Å². The normalized spacial score (nSPS) is 34.0. The highest BCUT2D eigenvalue weighted by molar-refractivity contribution is 7.99. The number of aryl methyl sites for hydroxylation is 2. The Bertz CT molecular complexity index is 1390. The summed E-state index contributed by atoms with van der Waals surface area (Å²) in [5.41, 5.74) is 9.13. The van der Waals surface area contributed by atoms with Crippen LogP contribution in [0.4, 0.5) is 0 Å². The molecule has 0 saturated heterocycles. The van der Waals surface area contributed by atoms with Gasteiger partial charge in [-0.05, 0) is 142 Å². The van der Waals surface area contributed by atoms with Crippen LogP contribution in [0.25, 0.3) is 0 Å². The molecule has 0 aromatic heterocycles. The van der Waals surface area contributed by atoms with Gasteiger partial charge in [0.1, 0.15) is 0 Å². The number of benzene rings is 2. The van der Waals surface area contributed by atoms with Crippen molar-refractivity contribution in [1.82, 2.24) is 0 Å². The third-order valence-corrected chi connectivity index (χ3v) is 14.4. The minimum Gasteiger partial charge on any atom is -0.281 e. The van der Waals surface area contributed by atoms with Crippen LogP contribution in [-0.4, -0.2) is 5.24 Å². The average Bonchev–Trinajstić information content (AvgIpc) is 2.92. The molecule has 42 heavy (non-hydrogen) atoms. The molecule has 0 bridgehead atoms. The number of carbonyl (C=O) groups is 1. The molecule has 3 heteroatoms. The number of halogens is 1. The first-order chi connectivity index (χ1) is 19.8. The summed E-state index contributed by atoms with van der Waals surface area (Å²) in [4.78, 5) is 15.7. The first-order valence-electron chi connectivity index (χ1n) is 17.0. The third-order valence-electron chi connectivity index (χ3n) is 12.8. The molecule has 0 heterocycles. The van der Waals surface area contributed by atoms with E-state index in [0.29, 0.717) is 23.2 Å². The molecule has 0 spiro atoms. The molecule has 6 atom stereocenters. The summed E-state index contributed by atoms with van der Waals surface area (Å²) in [5, 5.41) is -0.130. The van der Waals surface area contributed by atoms with Crippen molar-refractivity contribution in [3.8, 4) is 0 Å². The highest BCUT2D eigenvalue weighted by Crippen LogP contribution is 2.59. The van der Waals surface area contributed by atoms with E-state index in [2.05, 4.69) is 79.7 Å². The maximum absolute atomic E-state index is 12.8. The standard InChI is InChI=1S/C39H53ClOS/c1-23(2)28-19-26-12-14-30-25(5)11-9-16-37(30,6)31(26)21-33(28)42-34-22-32-27(20-29(34)24(3)4)13-15-35-38(32,7)17-10-18-39(35,8)36(40)41/h19-25,30,35H,9-18H2,1-8H3. The number of carbonyl (C=O) groups excluding carboxylic acids is 1. The molecule has 2 aromatic carbocycles. The maximum atomic E-state index is 12.8. The number of rotatable bonds is 5. The molecular formula is C39H53ClOS. The molecule has 0 radical (unpaired) electrons. The van der Waals surface area contributed by atoms with E-state index in [9.17, 15) is 4.79 Å². The van der Waals surface area contributed by atoms with E-state index >= 15 is 0 Å². The lowest BCUT2D eigenvalue weighted by Gasteiger charge is -2.54. The summed E-state index contributed by atoms with van der Waals surface area (Å²) in [7, 11) is 0. The molecule has 6 rings (SSSR count). The molecule has 0 amide bonds. The Hall–Kier alpha value is -1.25. The second kappa shape index (κ2) is 11.0. The summed E-state index contributed by atoms with van der Waals surface area (Å²) in [6.45, 7) is 19.1. The van der Waals surface area contributed by atoms with Crippen molar-refractivity contribution in [2.24, 2.45) is 23.2 Å². The first kappa shape index (κ1) is 30.8. The van der Waals surface area contributed by atoms with Crippen molar-refractivity contribution < 1.29 is 4.79 Å². The van der Waals surface area contributed by atoms with Gasteiger partial charge in [0.25, 0.3) is 0 Å². The van der Waals surface area contributed by atoms with Gasteiger partial charge in [0.05, 0.1) is 0 Å². The third kappa shape index (κ3) is 4.76. The largest absolute Gasteiger partial charge is 0.281 e. The van der Waals surface area contributed by atoms with Crippen molar-refractivity contribution in [3.63, 3.8) is 0 Å². The molecule has 0 N–H and O–H groups in total. The van der Waals surface area contributed by atoms with Crippen molar-refractivity contribution in [3.05, 3.63) is 57.6 Å². The fraction of sp³-hybridized carbons (Fsp3) is 0.667. The van der Waals surface area contributed by atoms with E-state index in [4.69, 9.17) is 11.6 Å². The molecule has 6 unspecified atom stereocenters. The molecule has 2 saturated carbocycles. The fourth-order valence-electron chi connectivity index (χ4n) is 10.4.